The normalized spacial score (nSPS) is 18.8. The molecule has 0 spiro atoms. The highest BCUT2D eigenvalue weighted by Gasteiger charge is 2.17. The van der Waals surface area contributed by atoms with Crippen molar-refractivity contribution in [2.24, 2.45) is 10.7 Å². The van der Waals surface area contributed by atoms with Crippen molar-refractivity contribution in [2.75, 3.05) is 13.1 Å². The Kier molecular flexibility index (Phi) is 9.36. The summed E-state index contributed by atoms with van der Waals surface area (Å²) in [6.45, 7) is 11.7. The van der Waals surface area contributed by atoms with Crippen LogP contribution in [0.25, 0.3) is 0 Å². The Bertz CT molecular complexity index is 539. The molecule has 5 heteroatoms. The minimum Gasteiger partial charge on any atom is -0.370 e. The topological polar surface area (TPSA) is 53.6 Å². The van der Waals surface area contributed by atoms with Crippen LogP contribution in [0.15, 0.2) is 41.4 Å². The van der Waals surface area contributed by atoms with Crippen LogP contribution in [0.4, 0.5) is 0 Å². The van der Waals surface area contributed by atoms with E-state index >= 15 is 0 Å². The van der Waals surface area contributed by atoms with Gasteiger partial charge < -0.3 is 11.1 Å². The molecule has 0 radical (unpaired) electrons. The van der Waals surface area contributed by atoms with Gasteiger partial charge in [0.25, 0.3) is 0 Å². The van der Waals surface area contributed by atoms with Gasteiger partial charge in [0.15, 0.2) is 5.96 Å². The zero-order valence-corrected chi connectivity index (χ0v) is 17.3. The van der Waals surface area contributed by atoms with Crippen molar-refractivity contribution in [3.05, 3.63) is 47.5 Å². The minimum absolute atomic E-state index is 0. The highest BCUT2D eigenvalue weighted by Crippen LogP contribution is 2.19. The van der Waals surface area contributed by atoms with Crippen LogP contribution in [-0.2, 0) is 13.1 Å². The predicted octanol–water partition coefficient (Wildman–Crippen LogP) is 3.66. The molecule has 0 aromatic heterocycles. The molecule has 3 N–H and O–H groups in total. The molecule has 0 saturated carbocycles. The standard InChI is InChI=1S/C19H30N4.HI/c1-15(2)12-21-19(20)22-13-17-7-9-18(10-8-17)14-23-11-5-4-6-16(23)3;/h7-10,16H,1,4-6,11-14H2,2-3H3,(H3,20,21,22);1H. The number of benzene rings is 1. The monoisotopic (exact) mass is 442 g/mol. The Labute approximate surface area is 163 Å². The molecule has 0 bridgehead atoms. The number of nitrogens with zero attached hydrogens (tertiary/aromatic N) is 2. The van der Waals surface area contributed by atoms with Crippen LogP contribution >= 0.6 is 24.0 Å². The molecule has 1 aromatic rings. The van der Waals surface area contributed by atoms with Crippen molar-refractivity contribution < 1.29 is 0 Å². The fraction of sp³-hybridized carbons (Fsp3) is 0.526. The van der Waals surface area contributed by atoms with E-state index in [0.29, 0.717) is 25.1 Å². The van der Waals surface area contributed by atoms with E-state index in [9.17, 15) is 0 Å². The molecular formula is C19H31IN4. The van der Waals surface area contributed by atoms with Gasteiger partial charge in [0.05, 0.1) is 6.54 Å². The Morgan fingerprint density at radius 2 is 1.96 bits per heavy atom. The van der Waals surface area contributed by atoms with E-state index in [1.807, 2.05) is 6.92 Å². The summed E-state index contributed by atoms with van der Waals surface area (Å²) in [6, 6.07) is 9.43. The Morgan fingerprint density at radius 3 is 2.58 bits per heavy atom. The van der Waals surface area contributed by atoms with Crippen molar-refractivity contribution >= 4 is 29.9 Å². The number of nitrogens with one attached hydrogen (secondary N) is 1. The van der Waals surface area contributed by atoms with Gasteiger partial charge in [-0.2, -0.15) is 0 Å². The van der Waals surface area contributed by atoms with Crippen LogP contribution in [0.3, 0.4) is 0 Å². The zero-order valence-electron chi connectivity index (χ0n) is 14.9. The number of nitrogens with two attached hydrogens (primary N) is 1. The summed E-state index contributed by atoms with van der Waals surface area (Å²) >= 11 is 0. The summed E-state index contributed by atoms with van der Waals surface area (Å²) in [6.07, 6.45) is 4.02. The van der Waals surface area contributed by atoms with Gasteiger partial charge in [-0.05, 0) is 44.4 Å². The summed E-state index contributed by atoms with van der Waals surface area (Å²) in [5, 5.41) is 3.04. The number of hydrogen-bond donors (Lipinski definition) is 2. The van der Waals surface area contributed by atoms with E-state index in [-0.39, 0.29) is 24.0 Å². The lowest BCUT2D eigenvalue weighted by Gasteiger charge is -2.33. The molecule has 0 amide bonds. The predicted molar refractivity (Wildman–Crippen MR) is 114 cm³/mol. The van der Waals surface area contributed by atoms with E-state index in [4.69, 9.17) is 5.73 Å². The number of halogens is 1. The van der Waals surface area contributed by atoms with Crippen LogP contribution in [0.5, 0.6) is 0 Å². The van der Waals surface area contributed by atoms with Crippen LogP contribution in [0, 0.1) is 0 Å². The summed E-state index contributed by atoms with van der Waals surface area (Å²) in [7, 11) is 0. The Morgan fingerprint density at radius 1 is 1.29 bits per heavy atom. The van der Waals surface area contributed by atoms with Crippen LogP contribution in [-0.4, -0.2) is 30.0 Å². The lowest BCUT2D eigenvalue weighted by molar-refractivity contribution is 0.152. The molecule has 4 nitrogen and oxygen atoms in total. The summed E-state index contributed by atoms with van der Waals surface area (Å²) in [5.74, 6) is 0.471. The van der Waals surface area contributed by atoms with Crippen LogP contribution < -0.4 is 11.1 Å². The first-order valence-corrected chi connectivity index (χ1v) is 8.54. The third-order valence-corrected chi connectivity index (χ3v) is 4.35. The quantitative estimate of drug-likeness (QED) is 0.306. The van der Waals surface area contributed by atoms with E-state index in [0.717, 1.165) is 12.1 Å². The maximum Gasteiger partial charge on any atom is 0.189 e. The summed E-state index contributed by atoms with van der Waals surface area (Å²) in [4.78, 5) is 6.94. The van der Waals surface area contributed by atoms with E-state index in [2.05, 4.69) is 53.0 Å². The number of aliphatic imine (C=N–C) groups is 1. The highest BCUT2D eigenvalue weighted by molar-refractivity contribution is 14.0. The molecular weight excluding hydrogens is 411 g/mol. The molecule has 1 aromatic carbocycles. The van der Waals surface area contributed by atoms with Gasteiger partial charge in [-0.25, -0.2) is 4.99 Å². The fourth-order valence-electron chi connectivity index (χ4n) is 2.85. The number of likely N-dealkylation sites (tertiary alicyclic amines) is 1. The van der Waals surface area contributed by atoms with Gasteiger partial charge in [0.2, 0.25) is 0 Å². The van der Waals surface area contributed by atoms with Crippen LogP contribution in [0.2, 0.25) is 0 Å². The Balaban J connectivity index is 0.00000288. The molecule has 1 aliphatic rings. The van der Waals surface area contributed by atoms with E-state index in [1.54, 1.807) is 0 Å². The van der Waals surface area contributed by atoms with Gasteiger partial charge in [-0.1, -0.05) is 42.8 Å². The van der Waals surface area contributed by atoms with Crippen molar-refractivity contribution in [1.82, 2.24) is 10.2 Å². The second-order valence-corrected chi connectivity index (χ2v) is 6.64. The van der Waals surface area contributed by atoms with Crippen LogP contribution in [0.1, 0.15) is 44.2 Å². The smallest absolute Gasteiger partial charge is 0.189 e. The molecule has 134 valence electrons. The lowest BCUT2D eigenvalue weighted by atomic mass is 10.0. The van der Waals surface area contributed by atoms with Gasteiger partial charge in [-0.15, -0.1) is 24.0 Å². The number of piperidine rings is 1. The van der Waals surface area contributed by atoms with Gasteiger partial charge in [0.1, 0.15) is 0 Å². The fourth-order valence-corrected chi connectivity index (χ4v) is 2.85. The first kappa shape index (κ1) is 21.0. The Hall–Kier alpha value is -1.08. The van der Waals surface area contributed by atoms with E-state index in [1.165, 1.54) is 36.9 Å². The summed E-state index contributed by atoms with van der Waals surface area (Å²) < 4.78 is 0. The van der Waals surface area contributed by atoms with Crippen molar-refractivity contribution in [3.8, 4) is 0 Å². The lowest BCUT2D eigenvalue weighted by Crippen LogP contribution is -2.36. The first-order valence-electron chi connectivity index (χ1n) is 8.54. The molecule has 1 saturated heterocycles. The first-order chi connectivity index (χ1) is 11.0. The van der Waals surface area contributed by atoms with Crippen molar-refractivity contribution in [1.29, 1.82) is 0 Å². The average Bonchev–Trinajstić information content (AvgIpc) is 2.54. The molecule has 1 unspecified atom stereocenters. The number of guanidine groups is 1. The SMILES string of the molecule is C=C(C)CNC(N)=NCc1ccc(CN2CCCCC2C)cc1.I. The molecule has 0 aliphatic carbocycles. The number of rotatable bonds is 6. The maximum absolute atomic E-state index is 5.83. The molecule has 2 rings (SSSR count). The minimum atomic E-state index is 0. The third kappa shape index (κ3) is 7.21. The van der Waals surface area contributed by atoms with Crippen molar-refractivity contribution in [2.45, 2.75) is 52.2 Å². The number of hydrogen-bond acceptors (Lipinski definition) is 2. The largest absolute Gasteiger partial charge is 0.370 e. The molecule has 24 heavy (non-hydrogen) atoms. The molecule has 1 atom stereocenters. The molecule has 1 heterocycles. The highest BCUT2D eigenvalue weighted by atomic mass is 127. The van der Waals surface area contributed by atoms with Gasteiger partial charge in [0, 0.05) is 19.1 Å². The van der Waals surface area contributed by atoms with Gasteiger partial charge in [-0.3, -0.25) is 4.90 Å². The second kappa shape index (κ2) is 10.7. The maximum atomic E-state index is 5.83. The molecule has 1 fully saturated rings. The molecule has 1 aliphatic heterocycles. The van der Waals surface area contributed by atoms with Gasteiger partial charge >= 0.3 is 0 Å². The second-order valence-electron chi connectivity index (χ2n) is 6.64. The van der Waals surface area contributed by atoms with E-state index < -0.39 is 0 Å². The average molecular weight is 442 g/mol. The zero-order chi connectivity index (χ0) is 16.7. The third-order valence-electron chi connectivity index (χ3n) is 4.35. The summed E-state index contributed by atoms with van der Waals surface area (Å²) in [5.41, 5.74) is 9.43. The van der Waals surface area contributed by atoms with Crippen molar-refractivity contribution in [3.63, 3.8) is 0 Å².